The Balaban J connectivity index is 2.25. The van der Waals surface area contributed by atoms with Crippen LogP contribution in [0.25, 0.3) is 0 Å². The molecule has 2 rings (SSSR count). The van der Waals surface area contributed by atoms with Gasteiger partial charge in [-0.25, -0.2) is 4.79 Å². The van der Waals surface area contributed by atoms with Gasteiger partial charge in [0.25, 0.3) is 0 Å². The van der Waals surface area contributed by atoms with Crippen LogP contribution >= 0.6 is 11.6 Å². The van der Waals surface area contributed by atoms with E-state index in [1.807, 2.05) is 6.92 Å². The Morgan fingerprint density at radius 1 is 1.28 bits per heavy atom. The lowest BCUT2D eigenvalue weighted by Crippen LogP contribution is -1.97. The Kier molecular flexibility index (Phi) is 3.48. The number of ether oxygens (including phenoxy) is 1. The molecule has 1 N–H and O–H groups in total. The summed E-state index contributed by atoms with van der Waals surface area (Å²) in [6.45, 7) is 1.86. The first kappa shape index (κ1) is 12.4. The Hall–Kier alpha value is -2.07. The highest BCUT2D eigenvalue weighted by Gasteiger charge is 2.06. The van der Waals surface area contributed by atoms with Crippen LogP contribution in [-0.4, -0.2) is 16.1 Å². The van der Waals surface area contributed by atoms with Crippen molar-refractivity contribution in [3.05, 3.63) is 52.8 Å². The van der Waals surface area contributed by atoms with Gasteiger partial charge in [0.15, 0.2) is 0 Å². The number of hydrogen-bond donors (Lipinski definition) is 1. The van der Waals surface area contributed by atoms with Crippen molar-refractivity contribution >= 4 is 17.6 Å². The van der Waals surface area contributed by atoms with Crippen LogP contribution in [0.1, 0.15) is 15.9 Å². The number of benzene rings is 1. The summed E-state index contributed by atoms with van der Waals surface area (Å²) in [7, 11) is 0. The third-order valence-electron chi connectivity index (χ3n) is 2.33. The van der Waals surface area contributed by atoms with Crippen molar-refractivity contribution in [1.82, 2.24) is 4.98 Å². The van der Waals surface area contributed by atoms with Gasteiger partial charge in [0, 0.05) is 11.2 Å². The third kappa shape index (κ3) is 2.78. The molecule has 2 aromatic rings. The molecule has 0 aliphatic rings. The summed E-state index contributed by atoms with van der Waals surface area (Å²) in [6, 6.07) is 6.62. The summed E-state index contributed by atoms with van der Waals surface area (Å²) in [5.41, 5.74) is 0.967. The van der Waals surface area contributed by atoms with Crippen LogP contribution in [0.3, 0.4) is 0 Å². The van der Waals surface area contributed by atoms with Crippen LogP contribution in [-0.2, 0) is 0 Å². The zero-order chi connectivity index (χ0) is 13.1. The molecule has 0 amide bonds. The Bertz CT molecular complexity index is 599. The minimum absolute atomic E-state index is 0.0817. The van der Waals surface area contributed by atoms with Gasteiger partial charge < -0.3 is 9.84 Å². The first-order valence-electron chi connectivity index (χ1n) is 5.18. The molecule has 1 heterocycles. The average molecular weight is 264 g/mol. The normalized spacial score (nSPS) is 10.1. The number of rotatable bonds is 3. The molecule has 0 unspecified atom stereocenters. The SMILES string of the molecule is Cc1cc(Oc2cncc(C(=O)O)c2)ccc1Cl. The van der Waals surface area contributed by atoms with Gasteiger partial charge in [-0.1, -0.05) is 11.6 Å². The molecule has 0 aliphatic heterocycles. The Morgan fingerprint density at radius 2 is 2.06 bits per heavy atom. The summed E-state index contributed by atoms with van der Waals surface area (Å²) in [6.07, 6.45) is 2.72. The molecule has 0 bridgehead atoms. The van der Waals surface area contributed by atoms with Gasteiger partial charge in [0.1, 0.15) is 11.5 Å². The first-order chi connectivity index (χ1) is 8.56. The second kappa shape index (κ2) is 5.06. The molecule has 0 aliphatic carbocycles. The number of carboxylic acid groups (broad SMARTS) is 1. The van der Waals surface area contributed by atoms with Crippen molar-refractivity contribution in [2.75, 3.05) is 0 Å². The lowest BCUT2D eigenvalue weighted by Gasteiger charge is -2.07. The first-order valence-corrected chi connectivity index (χ1v) is 5.56. The van der Waals surface area contributed by atoms with E-state index in [-0.39, 0.29) is 5.56 Å². The maximum Gasteiger partial charge on any atom is 0.337 e. The fourth-order valence-corrected chi connectivity index (χ4v) is 1.53. The fraction of sp³-hybridized carbons (Fsp3) is 0.0769. The number of hydrogen-bond acceptors (Lipinski definition) is 3. The summed E-state index contributed by atoms with van der Waals surface area (Å²) in [5.74, 6) is -0.0851. The van der Waals surface area contributed by atoms with E-state index in [1.54, 1.807) is 18.2 Å². The molecular weight excluding hydrogens is 254 g/mol. The van der Waals surface area contributed by atoms with E-state index in [0.717, 1.165) is 5.56 Å². The zero-order valence-corrected chi connectivity index (χ0v) is 10.3. The molecule has 0 radical (unpaired) electrons. The quantitative estimate of drug-likeness (QED) is 0.920. The van der Waals surface area contributed by atoms with Crippen LogP contribution in [0, 0.1) is 6.92 Å². The largest absolute Gasteiger partial charge is 0.478 e. The van der Waals surface area contributed by atoms with Crippen molar-refractivity contribution in [3.63, 3.8) is 0 Å². The summed E-state index contributed by atoms with van der Waals surface area (Å²) >= 11 is 5.90. The standard InChI is InChI=1S/C13H10ClNO3/c1-8-4-10(2-3-12(8)14)18-11-5-9(13(16)17)6-15-7-11/h2-7H,1H3,(H,16,17). The number of carbonyl (C=O) groups is 1. The number of halogens is 1. The molecule has 0 spiro atoms. The van der Waals surface area contributed by atoms with Crippen LogP contribution in [0.2, 0.25) is 5.02 Å². The van der Waals surface area contributed by atoms with E-state index < -0.39 is 5.97 Å². The smallest absolute Gasteiger partial charge is 0.337 e. The second-order valence-electron chi connectivity index (χ2n) is 3.73. The van der Waals surface area contributed by atoms with E-state index in [0.29, 0.717) is 16.5 Å². The molecule has 5 heteroatoms. The van der Waals surface area contributed by atoms with Crippen molar-refractivity contribution in [1.29, 1.82) is 0 Å². The Morgan fingerprint density at radius 3 is 2.72 bits per heavy atom. The van der Waals surface area contributed by atoms with Crippen LogP contribution < -0.4 is 4.74 Å². The van der Waals surface area contributed by atoms with Gasteiger partial charge in [-0.3, -0.25) is 4.98 Å². The lowest BCUT2D eigenvalue weighted by molar-refractivity contribution is 0.0696. The zero-order valence-electron chi connectivity index (χ0n) is 9.55. The molecule has 0 fully saturated rings. The van der Waals surface area contributed by atoms with E-state index in [9.17, 15) is 4.79 Å². The third-order valence-corrected chi connectivity index (χ3v) is 2.75. The maximum absolute atomic E-state index is 10.8. The van der Waals surface area contributed by atoms with Crippen molar-refractivity contribution in [2.45, 2.75) is 6.92 Å². The van der Waals surface area contributed by atoms with E-state index in [4.69, 9.17) is 21.4 Å². The highest BCUT2D eigenvalue weighted by molar-refractivity contribution is 6.31. The second-order valence-corrected chi connectivity index (χ2v) is 4.13. The number of aromatic nitrogens is 1. The highest BCUT2D eigenvalue weighted by Crippen LogP contribution is 2.25. The molecule has 1 aromatic carbocycles. The van der Waals surface area contributed by atoms with Gasteiger partial charge in [-0.2, -0.15) is 0 Å². The van der Waals surface area contributed by atoms with Crippen molar-refractivity contribution in [3.8, 4) is 11.5 Å². The summed E-state index contributed by atoms with van der Waals surface area (Å²) in [4.78, 5) is 14.6. The van der Waals surface area contributed by atoms with E-state index in [2.05, 4.69) is 4.98 Å². The molecule has 0 saturated carbocycles. The Labute approximate surface area is 109 Å². The minimum Gasteiger partial charge on any atom is -0.478 e. The van der Waals surface area contributed by atoms with Gasteiger partial charge in [0.2, 0.25) is 0 Å². The van der Waals surface area contributed by atoms with E-state index in [1.165, 1.54) is 18.5 Å². The molecule has 18 heavy (non-hydrogen) atoms. The van der Waals surface area contributed by atoms with E-state index >= 15 is 0 Å². The topological polar surface area (TPSA) is 59.4 Å². The number of nitrogens with zero attached hydrogens (tertiary/aromatic N) is 1. The monoisotopic (exact) mass is 263 g/mol. The molecular formula is C13H10ClNO3. The molecule has 92 valence electrons. The van der Waals surface area contributed by atoms with Gasteiger partial charge >= 0.3 is 5.97 Å². The maximum atomic E-state index is 10.8. The number of aryl methyl sites for hydroxylation is 1. The summed E-state index contributed by atoms with van der Waals surface area (Å²) < 4.78 is 5.52. The minimum atomic E-state index is -1.04. The molecule has 0 atom stereocenters. The number of carboxylic acids is 1. The van der Waals surface area contributed by atoms with Gasteiger partial charge in [0.05, 0.1) is 11.8 Å². The van der Waals surface area contributed by atoms with Gasteiger partial charge in [-0.15, -0.1) is 0 Å². The van der Waals surface area contributed by atoms with Gasteiger partial charge in [-0.05, 0) is 36.8 Å². The summed E-state index contributed by atoms with van der Waals surface area (Å²) in [5, 5.41) is 9.50. The van der Waals surface area contributed by atoms with Crippen LogP contribution in [0.15, 0.2) is 36.7 Å². The predicted molar refractivity (Wildman–Crippen MR) is 67.5 cm³/mol. The number of aromatic carboxylic acids is 1. The molecule has 1 aromatic heterocycles. The lowest BCUT2D eigenvalue weighted by atomic mass is 10.2. The molecule has 0 saturated heterocycles. The van der Waals surface area contributed by atoms with Crippen molar-refractivity contribution in [2.24, 2.45) is 0 Å². The molecule has 4 nitrogen and oxygen atoms in total. The predicted octanol–water partition coefficient (Wildman–Crippen LogP) is 3.53. The van der Waals surface area contributed by atoms with Crippen LogP contribution in [0.5, 0.6) is 11.5 Å². The van der Waals surface area contributed by atoms with Crippen LogP contribution in [0.4, 0.5) is 0 Å². The number of pyridine rings is 1. The average Bonchev–Trinajstić information content (AvgIpc) is 2.34. The highest BCUT2D eigenvalue weighted by atomic mass is 35.5. The van der Waals surface area contributed by atoms with Crippen molar-refractivity contribution < 1.29 is 14.6 Å². The fourth-order valence-electron chi connectivity index (χ4n) is 1.41.